The molecular formula is C18H25N5. The van der Waals surface area contributed by atoms with Crippen LogP contribution < -0.4 is 16.0 Å². The minimum atomic E-state index is 0.331. The number of nitrogens with two attached hydrogens (primary N) is 1. The van der Waals surface area contributed by atoms with Crippen LogP contribution in [-0.4, -0.2) is 29.6 Å². The van der Waals surface area contributed by atoms with Gasteiger partial charge in [-0.2, -0.15) is 4.98 Å². The van der Waals surface area contributed by atoms with Crippen molar-refractivity contribution in [2.45, 2.75) is 26.7 Å². The predicted molar refractivity (Wildman–Crippen MR) is 95.8 cm³/mol. The summed E-state index contributed by atoms with van der Waals surface area (Å²) in [6, 6.07) is 8.61. The first-order valence-electron chi connectivity index (χ1n) is 8.33. The van der Waals surface area contributed by atoms with E-state index >= 15 is 0 Å². The van der Waals surface area contributed by atoms with Crippen LogP contribution in [0.15, 0.2) is 30.5 Å². The number of anilines is 3. The first-order chi connectivity index (χ1) is 11.2. The third kappa shape index (κ3) is 3.55. The van der Waals surface area contributed by atoms with Gasteiger partial charge in [-0.1, -0.05) is 25.1 Å². The summed E-state index contributed by atoms with van der Waals surface area (Å²) in [5.41, 5.74) is 9.53. The zero-order chi connectivity index (χ0) is 16.2. The molecule has 1 aromatic carbocycles. The fourth-order valence-electron chi connectivity index (χ4n) is 3.21. The van der Waals surface area contributed by atoms with Crippen LogP contribution in [0.25, 0.3) is 0 Å². The Hall–Kier alpha value is -2.30. The molecule has 0 amide bonds. The molecule has 1 saturated heterocycles. The lowest BCUT2D eigenvalue weighted by Gasteiger charge is -2.21. The van der Waals surface area contributed by atoms with E-state index in [9.17, 15) is 0 Å². The van der Waals surface area contributed by atoms with Crippen LogP contribution in [0.2, 0.25) is 0 Å². The number of aromatic nitrogens is 2. The molecule has 0 saturated carbocycles. The highest BCUT2D eigenvalue weighted by atomic mass is 15.2. The van der Waals surface area contributed by atoms with E-state index in [-0.39, 0.29) is 0 Å². The van der Waals surface area contributed by atoms with Crippen LogP contribution in [0.4, 0.5) is 17.5 Å². The number of nitrogens with one attached hydrogen (secondary N) is 1. The van der Waals surface area contributed by atoms with E-state index in [2.05, 4.69) is 58.3 Å². The van der Waals surface area contributed by atoms with E-state index in [0.29, 0.717) is 11.9 Å². The molecule has 122 valence electrons. The Morgan fingerprint density at radius 1 is 1.35 bits per heavy atom. The number of hydrogen-bond acceptors (Lipinski definition) is 5. The lowest BCUT2D eigenvalue weighted by Crippen LogP contribution is -2.23. The maximum Gasteiger partial charge on any atom is 0.221 e. The van der Waals surface area contributed by atoms with Gasteiger partial charge in [0, 0.05) is 37.1 Å². The van der Waals surface area contributed by atoms with E-state index in [1.807, 2.05) is 6.20 Å². The van der Waals surface area contributed by atoms with E-state index in [0.717, 1.165) is 37.4 Å². The van der Waals surface area contributed by atoms with Crippen molar-refractivity contribution >= 4 is 17.5 Å². The number of para-hydroxylation sites is 1. The highest BCUT2D eigenvalue weighted by Gasteiger charge is 2.23. The second kappa shape index (κ2) is 6.86. The fraction of sp³-hybridized carbons (Fsp3) is 0.444. The number of benzene rings is 1. The summed E-state index contributed by atoms with van der Waals surface area (Å²) in [6.45, 7) is 7.41. The number of nitrogen functional groups attached to an aromatic ring is 1. The van der Waals surface area contributed by atoms with Gasteiger partial charge in [0.15, 0.2) is 0 Å². The smallest absolute Gasteiger partial charge is 0.221 e. The molecule has 0 bridgehead atoms. The molecule has 1 aliphatic heterocycles. The molecule has 0 spiro atoms. The van der Waals surface area contributed by atoms with Crippen molar-refractivity contribution in [3.63, 3.8) is 0 Å². The van der Waals surface area contributed by atoms with Gasteiger partial charge in [-0.25, -0.2) is 4.98 Å². The number of aryl methyl sites for hydroxylation is 2. The van der Waals surface area contributed by atoms with Gasteiger partial charge < -0.3 is 16.0 Å². The minimum absolute atomic E-state index is 0.331. The van der Waals surface area contributed by atoms with Gasteiger partial charge in [-0.05, 0) is 37.3 Å². The number of hydrogen-bond donors (Lipinski definition) is 2. The molecule has 1 aliphatic rings. The van der Waals surface area contributed by atoms with Crippen molar-refractivity contribution in [2.75, 3.05) is 35.6 Å². The first-order valence-corrected chi connectivity index (χ1v) is 8.33. The Kier molecular flexibility index (Phi) is 4.65. The van der Waals surface area contributed by atoms with Crippen molar-refractivity contribution in [1.29, 1.82) is 0 Å². The molecule has 5 heteroatoms. The molecule has 0 aliphatic carbocycles. The Labute approximate surface area is 137 Å². The van der Waals surface area contributed by atoms with E-state index in [1.54, 1.807) is 0 Å². The molecular weight excluding hydrogens is 286 g/mol. The van der Waals surface area contributed by atoms with Gasteiger partial charge in [-0.3, -0.25) is 0 Å². The quantitative estimate of drug-likeness (QED) is 0.889. The van der Waals surface area contributed by atoms with Crippen LogP contribution >= 0.6 is 0 Å². The van der Waals surface area contributed by atoms with E-state index in [1.165, 1.54) is 17.7 Å². The summed E-state index contributed by atoms with van der Waals surface area (Å²) in [5, 5.41) is 3.48. The summed E-state index contributed by atoms with van der Waals surface area (Å²) in [7, 11) is 0. The zero-order valence-corrected chi connectivity index (χ0v) is 13.9. The maximum absolute atomic E-state index is 5.71. The Morgan fingerprint density at radius 3 is 2.96 bits per heavy atom. The molecule has 23 heavy (non-hydrogen) atoms. The van der Waals surface area contributed by atoms with Crippen molar-refractivity contribution in [3.05, 3.63) is 41.6 Å². The fourth-order valence-corrected chi connectivity index (χ4v) is 3.21. The highest BCUT2D eigenvalue weighted by molar-refractivity contribution is 5.54. The Morgan fingerprint density at radius 2 is 2.17 bits per heavy atom. The minimum Gasteiger partial charge on any atom is -0.371 e. The second-order valence-corrected chi connectivity index (χ2v) is 6.22. The van der Waals surface area contributed by atoms with E-state index < -0.39 is 0 Å². The van der Waals surface area contributed by atoms with Gasteiger partial charge in [0.25, 0.3) is 0 Å². The summed E-state index contributed by atoms with van der Waals surface area (Å²) in [4.78, 5) is 10.9. The zero-order valence-electron chi connectivity index (χ0n) is 13.9. The standard InChI is InChI=1S/C18H25N5/c1-3-15-11-21-18(19)22-17(15)20-10-14-8-9-23(12-14)16-7-5-4-6-13(16)2/h4-7,11,14H,3,8-10,12H2,1-2H3,(H3,19,20,21,22). The van der Waals surface area contributed by atoms with Crippen LogP contribution in [0.5, 0.6) is 0 Å². The first kappa shape index (κ1) is 15.6. The Balaban J connectivity index is 1.61. The third-order valence-corrected chi connectivity index (χ3v) is 4.56. The molecule has 3 N–H and O–H groups in total. The van der Waals surface area contributed by atoms with Gasteiger partial charge in [0.2, 0.25) is 5.95 Å². The van der Waals surface area contributed by atoms with Crippen molar-refractivity contribution in [2.24, 2.45) is 5.92 Å². The van der Waals surface area contributed by atoms with Crippen LogP contribution in [0.1, 0.15) is 24.5 Å². The van der Waals surface area contributed by atoms with Crippen LogP contribution in [-0.2, 0) is 6.42 Å². The molecule has 1 aromatic heterocycles. The third-order valence-electron chi connectivity index (χ3n) is 4.56. The molecule has 3 rings (SSSR count). The van der Waals surface area contributed by atoms with Gasteiger partial charge in [-0.15, -0.1) is 0 Å². The van der Waals surface area contributed by atoms with Crippen molar-refractivity contribution in [1.82, 2.24) is 9.97 Å². The van der Waals surface area contributed by atoms with Gasteiger partial charge in [0.1, 0.15) is 5.82 Å². The van der Waals surface area contributed by atoms with Crippen LogP contribution in [0, 0.1) is 12.8 Å². The lowest BCUT2D eigenvalue weighted by molar-refractivity contribution is 0.620. The average Bonchev–Trinajstić information content (AvgIpc) is 3.02. The molecule has 2 aromatic rings. The molecule has 5 nitrogen and oxygen atoms in total. The topological polar surface area (TPSA) is 67.1 Å². The number of rotatable bonds is 5. The predicted octanol–water partition coefficient (Wildman–Crippen LogP) is 2.87. The lowest BCUT2D eigenvalue weighted by atomic mass is 10.1. The van der Waals surface area contributed by atoms with Gasteiger partial charge in [0.05, 0.1) is 0 Å². The highest BCUT2D eigenvalue weighted by Crippen LogP contribution is 2.27. The largest absolute Gasteiger partial charge is 0.371 e. The summed E-state index contributed by atoms with van der Waals surface area (Å²) in [6.07, 6.45) is 3.92. The Bertz CT molecular complexity index is 670. The average molecular weight is 311 g/mol. The summed E-state index contributed by atoms with van der Waals surface area (Å²) < 4.78 is 0. The monoisotopic (exact) mass is 311 g/mol. The maximum atomic E-state index is 5.71. The normalized spacial score (nSPS) is 17.5. The number of nitrogens with zero attached hydrogens (tertiary/aromatic N) is 3. The summed E-state index contributed by atoms with van der Waals surface area (Å²) >= 11 is 0. The van der Waals surface area contributed by atoms with Crippen LogP contribution in [0.3, 0.4) is 0 Å². The molecule has 0 radical (unpaired) electrons. The molecule has 2 heterocycles. The second-order valence-electron chi connectivity index (χ2n) is 6.22. The molecule has 1 atom stereocenters. The SMILES string of the molecule is CCc1cnc(N)nc1NCC1CCN(c2ccccc2C)C1. The van der Waals surface area contributed by atoms with Gasteiger partial charge >= 0.3 is 0 Å². The molecule has 1 fully saturated rings. The van der Waals surface area contributed by atoms with Crippen molar-refractivity contribution in [3.8, 4) is 0 Å². The summed E-state index contributed by atoms with van der Waals surface area (Å²) in [5.74, 6) is 1.84. The molecule has 1 unspecified atom stereocenters. The van der Waals surface area contributed by atoms with E-state index in [4.69, 9.17) is 5.73 Å². The van der Waals surface area contributed by atoms with Crippen molar-refractivity contribution < 1.29 is 0 Å².